The summed E-state index contributed by atoms with van der Waals surface area (Å²) in [7, 11) is 4.01. The minimum Gasteiger partial charge on any atom is -0.492 e. The van der Waals surface area contributed by atoms with E-state index < -0.39 is 0 Å². The zero-order valence-corrected chi connectivity index (χ0v) is 15.6. The van der Waals surface area contributed by atoms with Gasteiger partial charge in [0.2, 0.25) is 0 Å². The number of amides is 1. The minimum absolute atomic E-state index is 0.107. The van der Waals surface area contributed by atoms with Crippen LogP contribution in [0.1, 0.15) is 10.4 Å². The number of likely N-dealkylation sites (N-methyl/N-ethyl adjacent to an activating group) is 1. The fraction of sp³-hybridized carbons (Fsp3) is 0.182. The molecule has 3 rings (SSSR count). The molecule has 0 N–H and O–H groups in total. The Labute approximate surface area is 159 Å². The summed E-state index contributed by atoms with van der Waals surface area (Å²) in [6, 6.07) is 20.5. The molecular formula is C22H23N3O2. The van der Waals surface area contributed by atoms with Crippen molar-refractivity contribution in [3.8, 4) is 5.75 Å². The van der Waals surface area contributed by atoms with Crippen LogP contribution in [0.3, 0.4) is 0 Å². The second kappa shape index (κ2) is 8.96. The highest BCUT2D eigenvalue weighted by Crippen LogP contribution is 2.28. The SMILES string of the molecule is CN(C)CCOc1ccc(N(C(=O)c2ccccc2)c2cccnc2)cc1. The van der Waals surface area contributed by atoms with Gasteiger partial charge in [-0.2, -0.15) is 0 Å². The van der Waals surface area contributed by atoms with Crippen LogP contribution in [0.15, 0.2) is 79.1 Å². The van der Waals surface area contributed by atoms with Crippen molar-refractivity contribution in [1.82, 2.24) is 9.88 Å². The van der Waals surface area contributed by atoms with Crippen LogP contribution in [0, 0.1) is 0 Å². The molecule has 0 atom stereocenters. The molecule has 27 heavy (non-hydrogen) atoms. The number of hydrogen-bond acceptors (Lipinski definition) is 4. The van der Waals surface area contributed by atoms with E-state index in [9.17, 15) is 4.79 Å². The van der Waals surface area contributed by atoms with Gasteiger partial charge in [-0.1, -0.05) is 18.2 Å². The van der Waals surface area contributed by atoms with Crippen molar-refractivity contribution >= 4 is 17.3 Å². The maximum atomic E-state index is 13.1. The van der Waals surface area contributed by atoms with Gasteiger partial charge < -0.3 is 9.64 Å². The predicted octanol–water partition coefficient (Wildman–Crippen LogP) is 4.00. The number of carbonyl (C=O) groups excluding carboxylic acids is 1. The summed E-state index contributed by atoms with van der Waals surface area (Å²) in [4.78, 5) is 21.0. The van der Waals surface area contributed by atoms with Crippen molar-refractivity contribution in [2.75, 3.05) is 32.1 Å². The first kappa shape index (κ1) is 18.6. The lowest BCUT2D eigenvalue weighted by Gasteiger charge is -2.23. The van der Waals surface area contributed by atoms with Crippen molar-refractivity contribution in [3.63, 3.8) is 0 Å². The van der Waals surface area contributed by atoms with Gasteiger partial charge in [-0.05, 0) is 62.6 Å². The largest absolute Gasteiger partial charge is 0.492 e. The lowest BCUT2D eigenvalue weighted by Crippen LogP contribution is -2.26. The lowest BCUT2D eigenvalue weighted by atomic mass is 10.1. The molecular weight excluding hydrogens is 338 g/mol. The van der Waals surface area contributed by atoms with E-state index in [1.165, 1.54) is 0 Å². The molecule has 0 saturated carbocycles. The van der Waals surface area contributed by atoms with Gasteiger partial charge in [-0.3, -0.25) is 14.7 Å². The molecule has 0 aliphatic rings. The van der Waals surface area contributed by atoms with E-state index in [1.54, 1.807) is 17.3 Å². The lowest BCUT2D eigenvalue weighted by molar-refractivity contribution is 0.0999. The molecule has 1 amide bonds. The number of carbonyl (C=O) groups is 1. The Morgan fingerprint density at radius 3 is 2.30 bits per heavy atom. The number of nitrogens with zero attached hydrogens (tertiary/aromatic N) is 3. The fourth-order valence-corrected chi connectivity index (χ4v) is 2.62. The summed E-state index contributed by atoms with van der Waals surface area (Å²) in [5, 5.41) is 0. The monoisotopic (exact) mass is 361 g/mol. The van der Waals surface area contributed by atoms with Crippen LogP contribution in [0.25, 0.3) is 0 Å². The number of hydrogen-bond donors (Lipinski definition) is 0. The molecule has 1 aromatic heterocycles. The summed E-state index contributed by atoms with van der Waals surface area (Å²) in [6.45, 7) is 1.46. The van der Waals surface area contributed by atoms with Crippen LogP contribution in [-0.4, -0.2) is 43.0 Å². The van der Waals surface area contributed by atoms with Crippen LogP contribution >= 0.6 is 0 Å². The van der Waals surface area contributed by atoms with E-state index >= 15 is 0 Å². The third-order valence-corrected chi connectivity index (χ3v) is 4.03. The molecule has 1 heterocycles. The summed E-state index contributed by atoms with van der Waals surface area (Å²) in [6.07, 6.45) is 3.37. The molecule has 0 aliphatic carbocycles. The summed E-state index contributed by atoms with van der Waals surface area (Å²) >= 11 is 0. The highest BCUT2D eigenvalue weighted by Gasteiger charge is 2.19. The standard InChI is InChI=1S/C22H23N3O2/c1-24(2)15-16-27-21-12-10-19(11-13-21)25(20-9-6-14-23-17-20)22(26)18-7-4-3-5-8-18/h3-14,17H,15-16H2,1-2H3. The van der Waals surface area contributed by atoms with Crippen LogP contribution in [0.5, 0.6) is 5.75 Å². The fourth-order valence-electron chi connectivity index (χ4n) is 2.62. The average molecular weight is 361 g/mol. The van der Waals surface area contributed by atoms with Gasteiger partial charge in [-0.15, -0.1) is 0 Å². The molecule has 2 aromatic carbocycles. The van der Waals surface area contributed by atoms with Crippen molar-refractivity contribution in [1.29, 1.82) is 0 Å². The first-order chi connectivity index (χ1) is 13.1. The third kappa shape index (κ3) is 4.92. The Kier molecular flexibility index (Phi) is 6.18. The summed E-state index contributed by atoms with van der Waals surface area (Å²) in [5.41, 5.74) is 2.09. The van der Waals surface area contributed by atoms with Gasteiger partial charge in [0.1, 0.15) is 12.4 Å². The van der Waals surface area contributed by atoms with Crippen molar-refractivity contribution in [2.24, 2.45) is 0 Å². The zero-order valence-electron chi connectivity index (χ0n) is 15.6. The van der Waals surface area contributed by atoms with Crippen LogP contribution < -0.4 is 9.64 Å². The Bertz CT molecular complexity index is 850. The van der Waals surface area contributed by atoms with Crippen LogP contribution in [0.2, 0.25) is 0 Å². The Balaban J connectivity index is 1.86. The van der Waals surface area contributed by atoms with Gasteiger partial charge in [0.25, 0.3) is 5.91 Å². The molecule has 0 bridgehead atoms. The molecule has 0 unspecified atom stereocenters. The zero-order chi connectivity index (χ0) is 19.1. The number of anilines is 2. The van der Waals surface area contributed by atoms with Gasteiger partial charge in [0.15, 0.2) is 0 Å². The van der Waals surface area contributed by atoms with Crippen molar-refractivity contribution < 1.29 is 9.53 Å². The molecule has 5 nitrogen and oxygen atoms in total. The summed E-state index contributed by atoms with van der Waals surface area (Å²) in [5.74, 6) is 0.670. The molecule has 0 spiro atoms. The average Bonchev–Trinajstić information content (AvgIpc) is 2.70. The summed E-state index contributed by atoms with van der Waals surface area (Å²) < 4.78 is 5.74. The van der Waals surface area contributed by atoms with Crippen LogP contribution in [0.4, 0.5) is 11.4 Å². The van der Waals surface area contributed by atoms with E-state index in [1.807, 2.05) is 80.8 Å². The molecule has 3 aromatic rings. The second-order valence-corrected chi connectivity index (χ2v) is 6.36. The van der Waals surface area contributed by atoms with Gasteiger partial charge in [0, 0.05) is 24.0 Å². The smallest absolute Gasteiger partial charge is 0.262 e. The van der Waals surface area contributed by atoms with Crippen molar-refractivity contribution in [2.45, 2.75) is 0 Å². The minimum atomic E-state index is -0.107. The Morgan fingerprint density at radius 1 is 0.926 bits per heavy atom. The predicted molar refractivity (Wildman–Crippen MR) is 108 cm³/mol. The molecule has 0 aliphatic heterocycles. The quantitative estimate of drug-likeness (QED) is 0.638. The molecule has 0 fully saturated rings. The van der Waals surface area contributed by atoms with E-state index in [-0.39, 0.29) is 5.91 Å². The van der Waals surface area contributed by atoms with Gasteiger partial charge in [-0.25, -0.2) is 0 Å². The van der Waals surface area contributed by atoms with Crippen LogP contribution in [-0.2, 0) is 0 Å². The number of ether oxygens (including phenoxy) is 1. The Morgan fingerprint density at radius 2 is 1.67 bits per heavy atom. The normalized spacial score (nSPS) is 10.6. The van der Waals surface area contributed by atoms with E-state index in [0.717, 1.165) is 18.0 Å². The van der Waals surface area contributed by atoms with E-state index in [4.69, 9.17) is 4.74 Å². The van der Waals surface area contributed by atoms with Crippen molar-refractivity contribution in [3.05, 3.63) is 84.7 Å². The molecule has 0 saturated heterocycles. The number of aromatic nitrogens is 1. The molecule has 5 heteroatoms. The third-order valence-electron chi connectivity index (χ3n) is 4.03. The van der Waals surface area contributed by atoms with Gasteiger partial charge >= 0.3 is 0 Å². The topological polar surface area (TPSA) is 45.7 Å². The number of benzene rings is 2. The number of rotatable bonds is 7. The van der Waals surface area contributed by atoms with Gasteiger partial charge in [0.05, 0.1) is 11.9 Å². The Hall–Kier alpha value is -3.18. The molecule has 138 valence electrons. The highest BCUT2D eigenvalue weighted by atomic mass is 16.5. The first-order valence-electron chi connectivity index (χ1n) is 8.82. The van der Waals surface area contributed by atoms with E-state index in [2.05, 4.69) is 9.88 Å². The highest BCUT2D eigenvalue weighted by molar-refractivity contribution is 6.10. The maximum Gasteiger partial charge on any atom is 0.262 e. The second-order valence-electron chi connectivity index (χ2n) is 6.36. The number of pyridine rings is 1. The maximum absolute atomic E-state index is 13.1. The molecule has 0 radical (unpaired) electrons. The van der Waals surface area contributed by atoms with E-state index in [0.29, 0.717) is 17.9 Å². The first-order valence-corrected chi connectivity index (χ1v) is 8.82.